The van der Waals surface area contributed by atoms with Crippen LogP contribution in [-0.4, -0.2) is 10.9 Å². The second kappa shape index (κ2) is 6.67. The van der Waals surface area contributed by atoms with Gasteiger partial charge in [-0.3, -0.25) is 0 Å². The third kappa shape index (κ3) is 4.30. The van der Waals surface area contributed by atoms with Crippen LogP contribution in [0.1, 0.15) is 12.0 Å². The summed E-state index contributed by atoms with van der Waals surface area (Å²) in [6.45, 7) is 1.09. The summed E-state index contributed by atoms with van der Waals surface area (Å²) in [5.41, 5.74) is 1.04. The third-order valence-electron chi connectivity index (χ3n) is 3.49. The fourth-order valence-electron chi connectivity index (χ4n) is 2.11. The van der Waals surface area contributed by atoms with E-state index in [9.17, 15) is 0 Å². The van der Waals surface area contributed by atoms with Gasteiger partial charge in [-0.2, -0.15) is 0 Å². The van der Waals surface area contributed by atoms with Gasteiger partial charge in [-0.1, -0.05) is 23.7 Å². The number of hydrogen-bond acceptors (Lipinski definition) is 2. The van der Waals surface area contributed by atoms with Crippen LogP contribution in [0, 0.1) is 5.92 Å². The lowest BCUT2D eigenvalue weighted by atomic mass is 10.2. The lowest BCUT2D eigenvalue weighted by Crippen LogP contribution is -2.02. The van der Waals surface area contributed by atoms with E-state index in [-0.39, 0.29) is 5.92 Å². The molecule has 2 aromatic rings. The quantitative estimate of drug-likeness (QED) is 0.604. The highest BCUT2D eigenvalue weighted by molar-refractivity contribution is 6.50. The maximum Gasteiger partial charge on any atom is 0.127 e. The number of halogens is 3. The Balaban J connectivity index is 1.54. The van der Waals surface area contributed by atoms with Crippen molar-refractivity contribution in [2.75, 3.05) is 6.61 Å². The van der Waals surface area contributed by atoms with Gasteiger partial charge >= 0.3 is 0 Å². The van der Waals surface area contributed by atoms with Gasteiger partial charge in [0.05, 0.1) is 13.2 Å². The van der Waals surface area contributed by atoms with Crippen molar-refractivity contribution in [2.24, 2.45) is 5.92 Å². The van der Waals surface area contributed by atoms with Crippen LogP contribution in [-0.2, 0) is 11.3 Å². The molecule has 1 fully saturated rings. The minimum absolute atomic E-state index is 0.240. The first kappa shape index (κ1) is 15.9. The Labute approximate surface area is 144 Å². The molecule has 0 radical (unpaired) electrons. The number of alkyl halides is 2. The molecule has 2 nitrogen and oxygen atoms in total. The zero-order valence-electron chi connectivity index (χ0n) is 11.8. The van der Waals surface area contributed by atoms with E-state index in [2.05, 4.69) is 0 Å². The fraction of sp³-hybridized carbons (Fsp3) is 0.294. The Morgan fingerprint density at radius 2 is 1.77 bits per heavy atom. The lowest BCUT2D eigenvalue weighted by Gasteiger charge is -2.08. The molecule has 1 aliphatic rings. The maximum atomic E-state index is 5.97. The van der Waals surface area contributed by atoms with Gasteiger partial charge in [0, 0.05) is 10.9 Å². The van der Waals surface area contributed by atoms with Gasteiger partial charge < -0.3 is 9.47 Å². The van der Waals surface area contributed by atoms with E-state index in [0.29, 0.717) is 18.2 Å². The van der Waals surface area contributed by atoms with Crippen LogP contribution in [0.2, 0.25) is 5.02 Å². The Morgan fingerprint density at radius 3 is 2.45 bits per heavy atom. The molecule has 22 heavy (non-hydrogen) atoms. The molecule has 0 N–H and O–H groups in total. The van der Waals surface area contributed by atoms with Crippen molar-refractivity contribution in [3.8, 4) is 11.5 Å². The molecule has 0 aromatic heterocycles. The average molecular weight is 358 g/mol. The van der Waals surface area contributed by atoms with Crippen molar-refractivity contribution < 1.29 is 9.47 Å². The van der Waals surface area contributed by atoms with Crippen LogP contribution >= 0.6 is 34.8 Å². The van der Waals surface area contributed by atoms with Crippen LogP contribution < -0.4 is 4.74 Å². The molecule has 0 saturated heterocycles. The Kier molecular flexibility index (Phi) is 4.84. The fourth-order valence-corrected chi connectivity index (χ4v) is 2.73. The van der Waals surface area contributed by atoms with Crippen molar-refractivity contribution >= 4 is 34.8 Å². The van der Waals surface area contributed by atoms with E-state index in [1.54, 1.807) is 12.1 Å². The molecule has 116 valence electrons. The Bertz CT molecular complexity index is 641. The molecule has 1 atom stereocenters. The summed E-state index contributed by atoms with van der Waals surface area (Å²) in [7, 11) is 0. The van der Waals surface area contributed by atoms with E-state index < -0.39 is 4.33 Å². The summed E-state index contributed by atoms with van der Waals surface area (Å²) < 4.78 is 10.9. The topological polar surface area (TPSA) is 18.5 Å². The van der Waals surface area contributed by atoms with Crippen LogP contribution in [0.15, 0.2) is 48.5 Å². The van der Waals surface area contributed by atoms with Gasteiger partial charge in [-0.05, 0) is 48.4 Å². The molecule has 1 aliphatic carbocycles. The van der Waals surface area contributed by atoms with Crippen molar-refractivity contribution in [1.82, 2.24) is 0 Å². The first-order chi connectivity index (χ1) is 10.5. The highest BCUT2D eigenvalue weighted by Gasteiger charge is 2.51. The molecule has 2 aromatic carbocycles. The Hall–Kier alpha value is -0.930. The van der Waals surface area contributed by atoms with Crippen LogP contribution in [0.3, 0.4) is 0 Å². The smallest absolute Gasteiger partial charge is 0.127 e. The molecule has 1 saturated carbocycles. The first-order valence-corrected chi connectivity index (χ1v) is 8.14. The van der Waals surface area contributed by atoms with Gasteiger partial charge in [0.1, 0.15) is 15.8 Å². The standard InChI is InChI=1S/C17H15Cl3O2/c18-14-4-6-15(7-5-14)22-16-3-1-2-12(8-16)10-21-11-13-9-17(13,19)20/h1-8,13H,9-11H2. The summed E-state index contributed by atoms with van der Waals surface area (Å²) in [5, 5.41) is 0.684. The van der Waals surface area contributed by atoms with Crippen LogP contribution in [0.5, 0.6) is 11.5 Å². The van der Waals surface area contributed by atoms with Crippen LogP contribution in [0.4, 0.5) is 0 Å². The average Bonchev–Trinajstić information content (AvgIpc) is 3.09. The zero-order valence-corrected chi connectivity index (χ0v) is 14.0. The van der Waals surface area contributed by atoms with Gasteiger partial charge in [-0.25, -0.2) is 0 Å². The van der Waals surface area contributed by atoms with Gasteiger partial charge in [0.15, 0.2) is 0 Å². The minimum atomic E-state index is -0.584. The van der Waals surface area contributed by atoms with E-state index in [0.717, 1.165) is 23.5 Å². The summed E-state index contributed by atoms with van der Waals surface area (Å²) in [6.07, 6.45) is 0.801. The van der Waals surface area contributed by atoms with Crippen molar-refractivity contribution in [1.29, 1.82) is 0 Å². The van der Waals surface area contributed by atoms with Crippen molar-refractivity contribution in [2.45, 2.75) is 17.4 Å². The maximum absolute atomic E-state index is 5.97. The van der Waals surface area contributed by atoms with Gasteiger partial charge in [0.25, 0.3) is 0 Å². The zero-order chi connectivity index (χ0) is 15.6. The molecular formula is C17H15Cl3O2. The van der Waals surface area contributed by atoms with Gasteiger partial charge in [-0.15, -0.1) is 23.2 Å². The van der Waals surface area contributed by atoms with Crippen molar-refractivity contribution in [3.05, 3.63) is 59.1 Å². The summed E-state index contributed by atoms with van der Waals surface area (Å²) in [4.78, 5) is 0. The first-order valence-electron chi connectivity index (χ1n) is 7.01. The highest BCUT2D eigenvalue weighted by atomic mass is 35.5. The molecule has 0 spiro atoms. The van der Waals surface area contributed by atoms with Crippen molar-refractivity contribution in [3.63, 3.8) is 0 Å². The van der Waals surface area contributed by atoms with E-state index in [1.165, 1.54) is 0 Å². The lowest BCUT2D eigenvalue weighted by molar-refractivity contribution is 0.110. The minimum Gasteiger partial charge on any atom is -0.457 e. The number of hydrogen-bond donors (Lipinski definition) is 0. The SMILES string of the molecule is Clc1ccc(Oc2cccc(COCC3CC3(Cl)Cl)c2)cc1. The molecule has 0 heterocycles. The second-order valence-electron chi connectivity index (χ2n) is 5.38. The Morgan fingerprint density at radius 1 is 1.05 bits per heavy atom. The molecule has 0 bridgehead atoms. The molecule has 3 rings (SSSR count). The predicted octanol–water partition coefficient (Wildman–Crippen LogP) is 5.84. The number of ether oxygens (including phenoxy) is 2. The van der Waals surface area contributed by atoms with Crippen LogP contribution in [0.25, 0.3) is 0 Å². The number of benzene rings is 2. The van der Waals surface area contributed by atoms with E-state index in [1.807, 2.05) is 36.4 Å². The second-order valence-corrected chi connectivity index (χ2v) is 7.36. The largest absolute Gasteiger partial charge is 0.457 e. The third-order valence-corrected chi connectivity index (χ3v) is 4.67. The summed E-state index contributed by atoms with van der Waals surface area (Å²) in [6, 6.07) is 15.1. The van der Waals surface area contributed by atoms with E-state index in [4.69, 9.17) is 44.3 Å². The molecule has 0 amide bonds. The molecule has 1 unspecified atom stereocenters. The monoisotopic (exact) mass is 356 g/mol. The predicted molar refractivity (Wildman–Crippen MR) is 90.2 cm³/mol. The van der Waals surface area contributed by atoms with E-state index >= 15 is 0 Å². The summed E-state index contributed by atoms with van der Waals surface area (Å²) >= 11 is 17.8. The normalized spacial score (nSPS) is 19.0. The highest BCUT2D eigenvalue weighted by Crippen LogP contribution is 2.53. The molecule has 5 heteroatoms. The molecule has 0 aliphatic heterocycles. The number of rotatable bonds is 6. The summed E-state index contributed by atoms with van der Waals surface area (Å²) in [5.74, 6) is 1.75. The van der Waals surface area contributed by atoms with Gasteiger partial charge in [0.2, 0.25) is 0 Å². The molecular weight excluding hydrogens is 343 g/mol.